The first-order valence-electron chi connectivity index (χ1n) is 14.5. The van der Waals surface area contributed by atoms with Gasteiger partial charge in [0.2, 0.25) is 0 Å². The number of azide groups is 1. The van der Waals surface area contributed by atoms with Crippen molar-refractivity contribution < 1.29 is 42.8 Å². The molecule has 3 unspecified atom stereocenters. The molecule has 1 aromatic rings. The predicted molar refractivity (Wildman–Crippen MR) is 169 cm³/mol. The largest absolute Gasteiger partial charge is 0.508 e. The third-order valence-electron chi connectivity index (χ3n) is 7.20. The number of H-pyrrole nitrogens is 1. The van der Waals surface area contributed by atoms with Crippen LogP contribution in [-0.2, 0) is 33.2 Å². The summed E-state index contributed by atoms with van der Waals surface area (Å²) < 4.78 is 33.2. The zero-order chi connectivity index (χ0) is 34.0. The molecule has 1 saturated heterocycles. The van der Waals surface area contributed by atoms with Gasteiger partial charge in [0, 0.05) is 34.6 Å². The van der Waals surface area contributed by atoms with E-state index in [0.717, 1.165) is 0 Å². The second kappa shape index (κ2) is 16.6. The van der Waals surface area contributed by atoms with E-state index in [9.17, 15) is 24.0 Å². The van der Waals surface area contributed by atoms with Crippen LogP contribution in [0.25, 0.3) is 10.4 Å². The zero-order valence-corrected chi connectivity index (χ0v) is 26.9. The Morgan fingerprint density at radius 3 is 2.52 bits per heavy atom. The van der Waals surface area contributed by atoms with E-state index in [1.165, 1.54) is 52.0 Å². The Bertz CT molecular complexity index is 1610. The van der Waals surface area contributed by atoms with Crippen molar-refractivity contribution in [1.82, 2.24) is 19.8 Å². The minimum absolute atomic E-state index is 0.0412. The van der Waals surface area contributed by atoms with Crippen molar-refractivity contribution in [3.8, 4) is 0 Å². The van der Waals surface area contributed by atoms with E-state index in [1.807, 2.05) is 0 Å². The molecule has 0 spiro atoms. The van der Waals surface area contributed by atoms with Crippen LogP contribution in [0, 0.1) is 6.92 Å². The number of fused-ring (bicyclic) bond motifs is 1. The predicted octanol–water partition coefficient (Wildman–Crippen LogP) is 0.977. The highest BCUT2D eigenvalue weighted by Gasteiger charge is 2.42. The molecule has 5 heterocycles. The molecule has 48 heavy (non-hydrogen) atoms. The zero-order valence-electron chi connectivity index (χ0n) is 25.3. The van der Waals surface area contributed by atoms with Crippen molar-refractivity contribution in [3.63, 3.8) is 0 Å². The summed E-state index contributed by atoms with van der Waals surface area (Å²) in [7, 11) is 2.78. The fourth-order valence-electron chi connectivity index (χ4n) is 4.89. The quantitative estimate of drug-likeness (QED) is 0.0520. The average molecular weight is 710 g/mol. The van der Waals surface area contributed by atoms with Crippen LogP contribution in [0.5, 0.6) is 0 Å². The molecule has 0 saturated carbocycles. The van der Waals surface area contributed by atoms with Crippen LogP contribution in [0.15, 0.2) is 43.0 Å². The van der Waals surface area contributed by atoms with Gasteiger partial charge in [0.05, 0.1) is 18.7 Å². The molecule has 2 N–H and O–H groups in total. The summed E-state index contributed by atoms with van der Waals surface area (Å²) in [4.78, 5) is 74.8. The minimum Gasteiger partial charge on any atom is -0.433 e. The number of aromatic amines is 1. The van der Waals surface area contributed by atoms with Gasteiger partial charge in [0.25, 0.3) is 11.5 Å². The fourth-order valence-corrected chi connectivity index (χ4v) is 6.55. The monoisotopic (exact) mass is 709 g/mol. The molecule has 0 aliphatic carbocycles. The summed E-state index contributed by atoms with van der Waals surface area (Å²) >= 11 is 0. The summed E-state index contributed by atoms with van der Waals surface area (Å²) in [6, 6.07) is -1.35. The standard InChI is InChI=1S/C26H31N9O11S2/c1-14-9-34(24(38)31-22(14)36)19-8-16(32-33-27)17(46-19)11-44-26(40)42-5-7-48-47-6-4-41-25(39)43-10-15-2-3-18(45-15)35-13-30-20-21(35)28-12-29-23(20)37/h2-3,9,12-13,15-21H,4-8,10-11H2,1H3,(H,28,29,37)(H,31,36,38)/t15?,16-,17-,18-,19-,20?,21?/m1/s1. The first-order valence-corrected chi connectivity index (χ1v) is 17.0. The molecule has 22 heteroatoms. The van der Waals surface area contributed by atoms with Gasteiger partial charge in [-0.15, -0.1) is 0 Å². The average Bonchev–Trinajstić information content (AvgIpc) is 3.81. The summed E-state index contributed by atoms with van der Waals surface area (Å²) in [5.74, 6) is 0.638. The number of carbonyl (C=O) groups is 3. The second-order valence-corrected chi connectivity index (χ2v) is 13.1. The van der Waals surface area contributed by atoms with Crippen LogP contribution in [0.4, 0.5) is 9.59 Å². The highest BCUT2D eigenvalue weighted by atomic mass is 33.1. The molecule has 0 aromatic carbocycles. The Morgan fingerprint density at radius 1 is 1.06 bits per heavy atom. The van der Waals surface area contributed by atoms with Crippen molar-refractivity contribution in [2.45, 2.75) is 56.3 Å². The summed E-state index contributed by atoms with van der Waals surface area (Å²) in [5.41, 5.74) is 8.00. The highest BCUT2D eigenvalue weighted by Crippen LogP contribution is 2.30. The number of aromatic nitrogens is 2. The van der Waals surface area contributed by atoms with Crippen LogP contribution >= 0.6 is 21.6 Å². The molecule has 1 amide bonds. The van der Waals surface area contributed by atoms with Crippen molar-refractivity contribution >= 4 is 52.5 Å². The van der Waals surface area contributed by atoms with Crippen LogP contribution < -0.4 is 16.6 Å². The third-order valence-corrected chi connectivity index (χ3v) is 9.53. The molecule has 4 aliphatic heterocycles. The maximum absolute atomic E-state index is 12.2. The number of nitrogens with zero attached hydrogens (tertiary/aromatic N) is 7. The van der Waals surface area contributed by atoms with Gasteiger partial charge in [0.15, 0.2) is 18.4 Å². The van der Waals surface area contributed by atoms with Gasteiger partial charge >= 0.3 is 18.0 Å². The topological polar surface area (TPSA) is 250 Å². The number of ether oxygens (including phenoxy) is 6. The van der Waals surface area contributed by atoms with E-state index in [0.29, 0.717) is 17.1 Å². The van der Waals surface area contributed by atoms with E-state index < -0.39 is 66.5 Å². The maximum atomic E-state index is 12.2. The normalized spacial score (nSPS) is 26.9. The van der Waals surface area contributed by atoms with Crippen LogP contribution in [-0.4, -0.2) is 120 Å². The first-order chi connectivity index (χ1) is 23.2. The fraction of sp³-hybridized carbons (Fsp3) is 0.577. The van der Waals surface area contributed by atoms with Crippen LogP contribution in [0.1, 0.15) is 18.2 Å². The van der Waals surface area contributed by atoms with E-state index in [2.05, 4.69) is 30.3 Å². The van der Waals surface area contributed by atoms with Crippen molar-refractivity contribution in [2.24, 2.45) is 15.1 Å². The second-order valence-electron chi connectivity index (χ2n) is 10.4. The van der Waals surface area contributed by atoms with E-state index >= 15 is 0 Å². The lowest BCUT2D eigenvalue weighted by molar-refractivity contribution is -0.122. The Balaban J connectivity index is 0.888. The smallest absolute Gasteiger partial charge is 0.433 e. The van der Waals surface area contributed by atoms with Gasteiger partial charge in [-0.3, -0.25) is 24.1 Å². The number of aryl methyl sites for hydroxylation is 1. The molecule has 258 valence electrons. The number of aliphatic imine (C=N–C) groups is 2. The molecule has 0 radical (unpaired) electrons. The number of carbonyl (C=O) groups excluding carboxylic acids is 3. The van der Waals surface area contributed by atoms with Gasteiger partial charge in [-0.2, -0.15) is 0 Å². The van der Waals surface area contributed by atoms with Crippen LogP contribution in [0.2, 0.25) is 0 Å². The third kappa shape index (κ3) is 8.89. The Kier molecular flexibility index (Phi) is 12.0. The van der Waals surface area contributed by atoms with Crippen molar-refractivity contribution in [2.75, 3.05) is 37.9 Å². The highest BCUT2D eigenvalue weighted by molar-refractivity contribution is 8.76. The maximum Gasteiger partial charge on any atom is 0.508 e. The van der Waals surface area contributed by atoms with Gasteiger partial charge < -0.3 is 38.6 Å². The van der Waals surface area contributed by atoms with Gasteiger partial charge in [-0.25, -0.2) is 19.4 Å². The molecule has 5 rings (SSSR count). The lowest BCUT2D eigenvalue weighted by atomic mass is 10.1. The molecular formula is C26H31N9O11S2. The van der Waals surface area contributed by atoms with Gasteiger partial charge in [-0.1, -0.05) is 32.8 Å². The SMILES string of the molecule is Cc1cn([C@H]2C[C@@H](N=[N+]=[N-])[C@@H](COC(=O)OCCSSCCOC(=O)OCC3C=C[C@H](N4C=NC5C(=O)NC=NC54)O3)O2)c(=O)[nH]c1=O. The molecule has 4 aliphatic rings. The minimum atomic E-state index is -0.949. The summed E-state index contributed by atoms with van der Waals surface area (Å²) in [6.45, 7) is 1.33. The molecule has 1 aromatic heterocycles. The van der Waals surface area contributed by atoms with Crippen LogP contribution in [0.3, 0.4) is 0 Å². The molecule has 7 atom stereocenters. The molecule has 1 fully saturated rings. The lowest BCUT2D eigenvalue weighted by Gasteiger charge is -2.30. The number of rotatable bonds is 14. The number of nitrogens with one attached hydrogen (secondary N) is 2. The number of amides is 1. The Hall–Kier alpha value is -4.50. The number of hydrogen-bond acceptors (Lipinski definition) is 17. The van der Waals surface area contributed by atoms with E-state index in [1.54, 1.807) is 17.1 Å². The van der Waals surface area contributed by atoms with E-state index in [4.69, 9.17) is 34.0 Å². The first kappa shape index (κ1) is 34.8. The summed E-state index contributed by atoms with van der Waals surface area (Å²) in [6.07, 6.45) is 2.91. The van der Waals surface area contributed by atoms with E-state index in [-0.39, 0.29) is 38.8 Å². The van der Waals surface area contributed by atoms with Gasteiger partial charge in [0.1, 0.15) is 44.9 Å². The molecular weight excluding hydrogens is 678 g/mol. The Morgan fingerprint density at radius 2 is 1.79 bits per heavy atom. The van der Waals surface area contributed by atoms with Crippen molar-refractivity contribution in [1.29, 1.82) is 0 Å². The van der Waals surface area contributed by atoms with Gasteiger partial charge in [-0.05, 0) is 18.5 Å². The van der Waals surface area contributed by atoms with Crippen molar-refractivity contribution in [3.05, 3.63) is 55.2 Å². The Labute approximate surface area is 279 Å². The molecule has 20 nitrogen and oxygen atoms in total. The summed E-state index contributed by atoms with van der Waals surface area (Å²) in [5, 5.41) is 6.19. The molecule has 0 bridgehead atoms. The number of hydrogen-bond donors (Lipinski definition) is 2. The lowest BCUT2D eigenvalue weighted by Crippen LogP contribution is -2.50.